The van der Waals surface area contributed by atoms with E-state index in [1.807, 2.05) is 6.20 Å². The maximum Gasteiger partial charge on any atom is 0.147 e. The van der Waals surface area contributed by atoms with Crippen molar-refractivity contribution in [3.05, 3.63) is 22.8 Å². The minimum atomic E-state index is 0.490. The Morgan fingerprint density at radius 3 is 2.76 bits per heavy atom. The van der Waals surface area contributed by atoms with Crippen LogP contribution in [0.3, 0.4) is 0 Å². The van der Waals surface area contributed by atoms with Gasteiger partial charge < -0.3 is 4.90 Å². The molecule has 2 fully saturated rings. The maximum atomic E-state index is 6.39. The fourth-order valence-corrected chi connectivity index (χ4v) is 3.44. The first-order chi connectivity index (χ1) is 8.15. The number of hydrogen-bond donors (Lipinski definition) is 0. The van der Waals surface area contributed by atoms with Crippen molar-refractivity contribution < 1.29 is 0 Å². The standard InChI is InChI=1S/C14H19ClN2/c1-9(2)11-6-13(15)14(16-7-11)17-8-10-3-4-12(17)5-10/h6-7,9-10,12H,3-5,8H2,1-2H3. The average molecular weight is 251 g/mol. The fourth-order valence-electron chi connectivity index (χ4n) is 3.16. The van der Waals surface area contributed by atoms with Gasteiger partial charge in [0.15, 0.2) is 0 Å². The number of aromatic nitrogens is 1. The van der Waals surface area contributed by atoms with E-state index < -0.39 is 0 Å². The lowest BCUT2D eigenvalue weighted by molar-refractivity contribution is 0.550. The molecule has 2 unspecified atom stereocenters. The Morgan fingerprint density at radius 1 is 1.41 bits per heavy atom. The van der Waals surface area contributed by atoms with Gasteiger partial charge in [0.05, 0.1) is 5.02 Å². The summed E-state index contributed by atoms with van der Waals surface area (Å²) >= 11 is 6.39. The van der Waals surface area contributed by atoms with Crippen LogP contribution in [0.1, 0.15) is 44.6 Å². The van der Waals surface area contributed by atoms with E-state index in [0.29, 0.717) is 12.0 Å². The third kappa shape index (κ3) is 1.93. The molecule has 2 nitrogen and oxygen atoms in total. The quantitative estimate of drug-likeness (QED) is 0.793. The zero-order valence-electron chi connectivity index (χ0n) is 10.5. The second-order valence-electron chi connectivity index (χ2n) is 5.71. The third-order valence-electron chi connectivity index (χ3n) is 4.19. The number of rotatable bonds is 2. The Hall–Kier alpha value is -0.760. The Morgan fingerprint density at radius 2 is 2.24 bits per heavy atom. The average Bonchev–Trinajstić information content (AvgIpc) is 2.90. The number of pyridine rings is 1. The molecular weight excluding hydrogens is 232 g/mol. The van der Waals surface area contributed by atoms with Crippen LogP contribution in [0.5, 0.6) is 0 Å². The van der Waals surface area contributed by atoms with Crippen LogP contribution in [-0.2, 0) is 0 Å². The zero-order valence-corrected chi connectivity index (χ0v) is 11.2. The second kappa shape index (κ2) is 4.16. The Balaban J connectivity index is 1.89. The summed E-state index contributed by atoms with van der Waals surface area (Å²) in [5.41, 5.74) is 1.23. The molecule has 2 bridgehead atoms. The minimum Gasteiger partial charge on any atom is -0.352 e. The van der Waals surface area contributed by atoms with Crippen molar-refractivity contribution >= 4 is 17.4 Å². The summed E-state index contributed by atoms with van der Waals surface area (Å²) in [6, 6.07) is 2.77. The van der Waals surface area contributed by atoms with Crippen molar-refractivity contribution in [3.63, 3.8) is 0 Å². The number of halogens is 1. The lowest BCUT2D eigenvalue weighted by Gasteiger charge is -2.29. The van der Waals surface area contributed by atoms with Gasteiger partial charge in [0.2, 0.25) is 0 Å². The van der Waals surface area contributed by atoms with Gasteiger partial charge in [0.1, 0.15) is 5.82 Å². The molecule has 2 heterocycles. The highest BCUT2D eigenvalue weighted by molar-refractivity contribution is 6.33. The van der Waals surface area contributed by atoms with E-state index in [-0.39, 0.29) is 0 Å². The molecule has 0 amide bonds. The van der Waals surface area contributed by atoms with Crippen molar-refractivity contribution in [2.75, 3.05) is 11.4 Å². The van der Waals surface area contributed by atoms with Crippen molar-refractivity contribution in [2.24, 2.45) is 5.92 Å². The zero-order chi connectivity index (χ0) is 12.0. The summed E-state index contributed by atoms with van der Waals surface area (Å²) in [5.74, 6) is 2.37. The molecule has 0 N–H and O–H groups in total. The third-order valence-corrected chi connectivity index (χ3v) is 4.47. The monoisotopic (exact) mass is 250 g/mol. The Kier molecular flexibility index (Phi) is 2.78. The normalized spacial score (nSPS) is 27.2. The molecule has 1 aliphatic carbocycles. The molecule has 1 aliphatic heterocycles. The Bertz CT molecular complexity index is 430. The van der Waals surface area contributed by atoms with Crippen molar-refractivity contribution in [3.8, 4) is 0 Å². The molecule has 1 aromatic heterocycles. The number of nitrogens with zero attached hydrogens (tertiary/aromatic N) is 2. The summed E-state index contributed by atoms with van der Waals surface area (Å²) in [6.07, 6.45) is 6.03. The summed E-state index contributed by atoms with van der Waals surface area (Å²) in [4.78, 5) is 7.01. The summed E-state index contributed by atoms with van der Waals surface area (Å²) < 4.78 is 0. The molecule has 2 atom stereocenters. The van der Waals surface area contributed by atoms with Gasteiger partial charge in [0.25, 0.3) is 0 Å². The highest BCUT2D eigenvalue weighted by atomic mass is 35.5. The van der Waals surface area contributed by atoms with Gasteiger partial charge in [-0.05, 0) is 42.7 Å². The van der Waals surface area contributed by atoms with Gasteiger partial charge in [-0.2, -0.15) is 0 Å². The fraction of sp³-hybridized carbons (Fsp3) is 0.643. The molecule has 1 saturated carbocycles. The maximum absolute atomic E-state index is 6.39. The highest BCUT2D eigenvalue weighted by Gasteiger charge is 2.39. The number of piperidine rings is 1. The minimum absolute atomic E-state index is 0.490. The van der Waals surface area contributed by atoms with Crippen LogP contribution in [0.15, 0.2) is 12.3 Å². The van der Waals surface area contributed by atoms with E-state index in [4.69, 9.17) is 11.6 Å². The molecule has 3 heteroatoms. The van der Waals surface area contributed by atoms with E-state index in [9.17, 15) is 0 Å². The van der Waals surface area contributed by atoms with Crippen LogP contribution < -0.4 is 4.90 Å². The van der Waals surface area contributed by atoms with E-state index in [0.717, 1.165) is 23.3 Å². The van der Waals surface area contributed by atoms with Gasteiger partial charge in [-0.25, -0.2) is 4.98 Å². The molecule has 0 aromatic carbocycles. The molecule has 1 aromatic rings. The van der Waals surface area contributed by atoms with Crippen LogP contribution >= 0.6 is 11.6 Å². The van der Waals surface area contributed by atoms with Gasteiger partial charge >= 0.3 is 0 Å². The first-order valence-electron chi connectivity index (χ1n) is 6.57. The SMILES string of the molecule is CC(C)c1cnc(N2CC3CCC2C3)c(Cl)c1. The molecular formula is C14H19ClN2. The summed E-state index contributed by atoms with van der Waals surface area (Å²) in [6.45, 7) is 5.49. The predicted octanol–water partition coefficient (Wildman–Crippen LogP) is 3.85. The van der Waals surface area contributed by atoms with Crippen LogP contribution in [-0.4, -0.2) is 17.6 Å². The van der Waals surface area contributed by atoms with Gasteiger partial charge in [-0.1, -0.05) is 25.4 Å². The highest BCUT2D eigenvalue weighted by Crippen LogP contribution is 2.41. The first-order valence-corrected chi connectivity index (χ1v) is 6.95. The molecule has 2 aliphatic rings. The predicted molar refractivity (Wildman–Crippen MR) is 71.8 cm³/mol. The molecule has 3 rings (SSSR count). The summed E-state index contributed by atoms with van der Waals surface area (Å²) in [7, 11) is 0. The van der Waals surface area contributed by atoms with Crippen LogP contribution in [0.4, 0.5) is 5.82 Å². The molecule has 1 saturated heterocycles. The van der Waals surface area contributed by atoms with E-state index in [1.54, 1.807) is 0 Å². The molecule has 0 radical (unpaired) electrons. The topological polar surface area (TPSA) is 16.1 Å². The van der Waals surface area contributed by atoms with Crippen molar-refractivity contribution in [1.82, 2.24) is 4.98 Å². The van der Waals surface area contributed by atoms with Crippen LogP contribution in [0.2, 0.25) is 5.02 Å². The van der Waals surface area contributed by atoms with E-state index >= 15 is 0 Å². The number of hydrogen-bond acceptors (Lipinski definition) is 2. The van der Waals surface area contributed by atoms with Gasteiger partial charge in [-0.3, -0.25) is 0 Å². The van der Waals surface area contributed by atoms with Gasteiger partial charge in [0, 0.05) is 18.8 Å². The van der Waals surface area contributed by atoms with E-state index in [1.165, 1.54) is 24.8 Å². The van der Waals surface area contributed by atoms with Crippen molar-refractivity contribution in [1.29, 1.82) is 0 Å². The second-order valence-corrected chi connectivity index (χ2v) is 6.12. The summed E-state index contributed by atoms with van der Waals surface area (Å²) in [5, 5.41) is 0.823. The lowest BCUT2D eigenvalue weighted by atomic mass is 10.1. The Labute approximate surface area is 108 Å². The molecule has 0 spiro atoms. The van der Waals surface area contributed by atoms with Crippen molar-refractivity contribution in [2.45, 2.75) is 45.1 Å². The molecule has 17 heavy (non-hydrogen) atoms. The lowest BCUT2D eigenvalue weighted by Crippen LogP contribution is -2.32. The smallest absolute Gasteiger partial charge is 0.147 e. The van der Waals surface area contributed by atoms with E-state index in [2.05, 4.69) is 29.8 Å². The van der Waals surface area contributed by atoms with Crippen LogP contribution in [0.25, 0.3) is 0 Å². The largest absolute Gasteiger partial charge is 0.352 e. The van der Waals surface area contributed by atoms with Gasteiger partial charge in [-0.15, -0.1) is 0 Å². The number of fused-ring (bicyclic) bond motifs is 2. The molecule has 92 valence electrons. The van der Waals surface area contributed by atoms with Crippen LogP contribution in [0, 0.1) is 5.92 Å². The number of anilines is 1. The first kappa shape index (κ1) is 11.3.